The Morgan fingerprint density at radius 3 is 2.38 bits per heavy atom. The minimum Gasteiger partial charge on any atom is -0.500 e. The first-order valence-electron chi connectivity index (χ1n) is 8.67. The van der Waals surface area contributed by atoms with Crippen molar-refractivity contribution in [2.24, 2.45) is 0 Å². The number of carbonyl (C=O) groups is 1. The normalized spacial score (nSPS) is 11.4. The Labute approximate surface area is 167 Å². The van der Waals surface area contributed by atoms with E-state index in [2.05, 4.69) is 15.0 Å². The van der Waals surface area contributed by atoms with Gasteiger partial charge >= 0.3 is 5.97 Å². The Morgan fingerprint density at radius 1 is 0.966 bits per heavy atom. The highest BCUT2D eigenvalue weighted by Gasteiger charge is 2.20. The molecular formula is C21H19N3O5. The van der Waals surface area contributed by atoms with E-state index < -0.39 is 5.97 Å². The molecule has 0 aliphatic rings. The minimum atomic E-state index is -1.13. The molecule has 0 unspecified atom stereocenters. The number of aryl methyl sites for hydroxylation is 1. The predicted molar refractivity (Wildman–Crippen MR) is 105 cm³/mol. The van der Waals surface area contributed by atoms with Gasteiger partial charge in [0.15, 0.2) is 0 Å². The summed E-state index contributed by atoms with van der Waals surface area (Å²) in [6.45, 7) is 3.43. The second kappa shape index (κ2) is 8.83. The third kappa shape index (κ3) is 4.86. The number of rotatable bonds is 7. The molecule has 3 aromatic rings. The third-order valence-electron chi connectivity index (χ3n) is 3.93. The molecule has 0 spiro atoms. The van der Waals surface area contributed by atoms with E-state index in [0.717, 1.165) is 5.69 Å². The number of methoxy groups -OCH3 is 1. The molecule has 1 aromatic carbocycles. The zero-order chi connectivity index (χ0) is 20.8. The first-order valence-corrected chi connectivity index (χ1v) is 8.67. The average molecular weight is 393 g/mol. The van der Waals surface area contributed by atoms with Gasteiger partial charge in [-0.15, -0.1) is 0 Å². The fourth-order valence-electron chi connectivity index (χ4n) is 2.55. The molecule has 0 radical (unpaired) electrons. The maximum absolute atomic E-state index is 11.7. The second-order valence-electron chi connectivity index (χ2n) is 5.95. The number of para-hydroxylation sites is 1. The quantitative estimate of drug-likeness (QED) is 0.470. The Hall–Kier alpha value is -3.94. The molecule has 8 nitrogen and oxygen atoms in total. The number of ether oxygens (including phenoxy) is 3. The SMILES string of the molecule is CO/C(C)=C(/C(=O)O)c1ccccc1Oc1cc(Oc2cccc(C)n2)ncn1. The van der Waals surface area contributed by atoms with E-state index in [0.29, 0.717) is 17.2 Å². The summed E-state index contributed by atoms with van der Waals surface area (Å²) in [7, 11) is 1.41. The van der Waals surface area contributed by atoms with Crippen LogP contribution in [0.3, 0.4) is 0 Å². The van der Waals surface area contributed by atoms with Gasteiger partial charge in [0.1, 0.15) is 23.4 Å². The zero-order valence-corrected chi connectivity index (χ0v) is 16.1. The van der Waals surface area contributed by atoms with Crippen LogP contribution >= 0.6 is 0 Å². The standard InChI is InChI=1S/C21H19N3O5/c1-13-7-6-10-17(24-13)29-19-11-18(22-12-23-19)28-16-9-5-4-8-15(16)20(21(25)26)14(2)27-3/h4-12H,1-3H3,(H,25,26)/b20-14+. The van der Waals surface area contributed by atoms with Crippen molar-refractivity contribution in [3.05, 3.63) is 71.9 Å². The van der Waals surface area contributed by atoms with E-state index in [1.165, 1.54) is 19.5 Å². The number of benzene rings is 1. The van der Waals surface area contributed by atoms with Crippen molar-refractivity contribution in [3.63, 3.8) is 0 Å². The van der Waals surface area contributed by atoms with Gasteiger partial charge in [0.2, 0.25) is 17.6 Å². The summed E-state index contributed by atoms with van der Waals surface area (Å²) in [6.07, 6.45) is 1.29. The van der Waals surface area contributed by atoms with Gasteiger partial charge in [0.25, 0.3) is 0 Å². The van der Waals surface area contributed by atoms with Gasteiger partial charge in [-0.1, -0.05) is 24.3 Å². The van der Waals surface area contributed by atoms with E-state index in [1.54, 1.807) is 37.3 Å². The van der Waals surface area contributed by atoms with Crippen molar-refractivity contribution in [2.75, 3.05) is 7.11 Å². The smallest absolute Gasteiger partial charge is 0.339 e. The van der Waals surface area contributed by atoms with Crippen LogP contribution < -0.4 is 9.47 Å². The summed E-state index contributed by atoms with van der Waals surface area (Å²) in [5.74, 6) is 0.257. The monoisotopic (exact) mass is 393 g/mol. The lowest BCUT2D eigenvalue weighted by Crippen LogP contribution is -2.05. The lowest BCUT2D eigenvalue weighted by Gasteiger charge is -2.13. The number of nitrogens with zero attached hydrogens (tertiary/aromatic N) is 3. The first kappa shape index (κ1) is 19.8. The average Bonchev–Trinajstić information content (AvgIpc) is 2.69. The predicted octanol–water partition coefficient (Wildman–Crippen LogP) is 4.23. The summed E-state index contributed by atoms with van der Waals surface area (Å²) < 4.78 is 16.6. The van der Waals surface area contributed by atoms with E-state index >= 15 is 0 Å². The molecule has 0 amide bonds. The Bertz CT molecular complexity index is 1070. The van der Waals surface area contributed by atoms with E-state index in [-0.39, 0.29) is 23.1 Å². The minimum absolute atomic E-state index is 0.00223. The van der Waals surface area contributed by atoms with E-state index in [1.807, 2.05) is 19.1 Å². The highest BCUT2D eigenvalue weighted by atomic mass is 16.5. The van der Waals surface area contributed by atoms with Crippen LogP contribution in [0.4, 0.5) is 0 Å². The Balaban J connectivity index is 1.91. The van der Waals surface area contributed by atoms with E-state index in [4.69, 9.17) is 14.2 Å². The van der Waals surface area contributed by atoms with Gasteiger partial charge in [-0.2, -0.15) is 0 Å². The molecule has 0 saturated carbocycles. The van der Waals surface area contributed by atoms with Crippen LogP contribution in [-0.2, 0) is 9.53 Å². The summed E-state index contributed by atoms with van der Waals surface area (Å²) >= 11 is 0. The molecule has 0 aliphatic heterocycles. The van der Waals surface area contributed by atoms with Crippen molar-refractivity contribution >= 4 is 11.5 Å². The fraction of sp³-hybridized carbons (Fsp3) is 0.143. The van der Waals surface area contributed by atoms with Crippen molar-refractivity contribution in [1.29, 1.82) is 0 Å². The number of hydrogen-bond donors (Lipinski definition) is 1. The van der Waals surface area contributed by atoms with Crippen LogP contribution in [0.15, 0.2) is 60.6 Å². The molecule has 2 heterocycles. The van der Waals surface area contributed by atoms with Crippen molar-refractivity contribution in [1.82, 2.24) is 15.0 Å². The molecule has 0 aliphatic carbocycles. The number of pyridine rings is 1. The maximum atomic E-state index is 11.7. The Morgan fingerprint density at radius 2 is 1.69 bits per heavy atom. The van der Waals surface area contributed by atoms with Crippen LogP contribution in [0, 0.1) is 6.92 Å². The van der Waals surface area contributed by atoms with E-state index in [9.17, 15) is 9.90 Å². The molecule has 0 saturated heterocycles. The van der Waals surface area contributed by atoms with Gasteiger partial charge in [-0.05, 0) is 26.0 Å². The lowest BCUT2D eigenvalue weighted by atomic mass is 10.0. The summed E-state index contributed by atoms with van der Waals surface area (Å²) in [4.78, 5) is 24.1. The third-order valence-corrected chi connectivity index (χ3v) is 3.93. The second-order valence-corrected chi connectivity index (χ2v) is 5.95. The van der Waals surface area contributed by atoms with Crippen LogP contribution in [0.25, 0.3) is 5.57 Å². The molecule has 29 heavy (non-hydrogen) atoms. The molecule has 148 valence electrons. The number of aliphatic carboxylic acids is 1. The maximum Gasteiger partial charge on any atom is 0.339 e. The van der Waals surface area contributed by atoms with Crippen molar-refractivity contribution in [3.8, 4) is 23.4 Å². The van der Waals surface area contributed by atoms with Crippen molar-refractivity contribution in [2.45, 2.75) is 13.8 Å². The summed E-state index contributed by atoms with van der Waals surface area (Å²) in [6, 6.07) is 13.6. The topological polar surface area (TPSA) is 104 Å². The lowest BCUT2D eigenvalue weighted by molar-refractivity contribution is -0.130. The molecule has 0 bridgehead atoms. The highest BCUT2D eigenvalue weighted by molar-refractivity contribution is 6.16. The van der Waals surface area contributed by atoms with Gasteiger partial charge in [0, 0.05) is 17.3 Å². The highest BCUT2D eigenvalue weighted by Crippen LogP contribution is 2.32. The molecular weight excluding hydrogens is 374 g/mol. The largest absolute Gasteiger partial charge is 0.500 e. The van der Waals surface area contributed by atoms with Gasteiger partial charge in [-0.3, -0.25) is 0 Å². The Kier molecular flexibility index (Phi) is 6.03. The number of carboxylic acid groups (broad SMARTS) is 1. The number of allylic oxidation sites excluding steroid dienone is 1. The zero-order valence-electron chi connectivity index (χ0n) is 16.1. The van der Waals surface area contributed by atoms with Crippen molar-refractivity contribution < 1.29 is 24.1 Å². The first-order chi connectivity index (χ1) is 14.0. The molecule has 0 fully saturated rings. The molecule has 8 heteroatoms. The number of hydrogen-bond acceptors (Lipinski definition) is 7. The number of carboxylic acids is 1. The molecule has 0 atom stereocenters. The number of aromatic nitrogens is 3. The van der Waals surface area contributed by atoms with Crippen LogP contribution in [0.5, 0.6) is 23.4 Å². The van der Waals surface area contributed by atoms with Crippen LogP contribution in [0.1, 0.15) is 18.2 Å². The van der Waals surface area contributed by atoms with Gasteiger partial charge < -0.3 is 19.3 Å². The molecule has 3 rings (SSSR count). The van der Waals surface area contributed by atoms with Gasteiger partial charge in [-0.25, -0.2) is 19.7 Å². The summed E-state index contributed by atoms with van der Waals surface area (Å²) in [5.41, 5.74) is 1.17. The van der Waals surface area contributed by atoms with Crippen LogP contribution in [0.2, 0.25) is 0 Å². The molecule has 1 N–H and O–H groups in total. The summed E-state index contributed by atoms with van der Waals surface area (Å²) in [5, 5.41) is 9.60. The molecule has 2 aromatic heterocycles. The van der Waals surface area contributed by atoms with Crippen LogP contribution in [-0.4, -0.2) is 33.1 Å². The van der Waals surface area contributed by atoms with Gasteiger partial charge in [0.05, 0.1) is 13.2 Å². The fourth-order valence-corrected chi connectivity index (χ4v) is 2.55.